The number of aromatic nitrogens is 1. The van der Waals surface area contributed by atoms with E-state index >= 15 is 0 Å². The third-order valence-electron chi connectivity index (χ3n) is 6.48. The number of anilines is 1. The molecule has 2 aliphatic heterocycles. The van der Waals surface area contributed by atoms with E-state index in [4.69, 9.17) is 4.74 Å². The number of para-hydroxylation sites is 1. The Balaban J connectivity index is 1.71. The highest BCUT2D eigenvalue weighted by atomic mass is 16.5. The van der Waals surface area contributed by atoms with E-state index in [0.717, 1.165) is 59.5 Å². The zero-order valence-corrected chi connectivity index (χ0v) is 17.3. The van der Waals surface area contributed by atoms with Crippen molar-refractivity contribution < 1.29 is 14.8 Å². The highest BCUT2D eigenvalue weighted by molar-refractivity contribution is 6.09. The second-order valence-electron chi connectivity index (χ2n) is 8.60. The Bertz CT molecular complexity index is 1100. The molecule has 1 aromatic heterocycles. The molecule has 5 heteroatoms. The number of rotatable bonds is 4. The Kier molecular flexibility index (Phi) is 4.17. The average Bonchev–Trinajstić information content (AvgIpc) is 3.22. The molecule has 0 fully saturated rings. The predicted octanol–water partition coefficient (Wildman–Crippen LogP) is 2.93. The first-order valence-corrected chi connectivity index (χ1v) is 10.5. The summed E-state index contributed by atoms with van der Waals surface area (Å²) in [6.07, 6.45) is 1.93. The fourth-order valence-electron chi connectivity index (χ4n) is 5.01. The molecule has 2 aliphatic rings. The van der Waals surface area contributed by atoms with Gasteiger partial charge in [0.05, 0.1) is 30.6 Å². The molecule has 1 atom stereocenters. The Morgan fingerprint density at radius 1 is 1.24 bits per heavy atom. The minimum absolute atomic E-state index is 0.179. The van der Waals surface area contributed by atoms with Crippen molar-refractivity contribution in [2.45, 2.75) is 32.2 Å². The summed E-state index contributed by atoms with van der Waals surface area (Å²) >= 11 is 0. The molecule has 150 valence electrons. The molecule has 3 N–H and O–H groups in total. The van der Waals surface area contributed by atoms with E-state index in [2.05, 4.69) is 48.4 Å². The van der Waals surface area contributed by atoms with Crippen LogP contribution in [0.1, 0.15) is 37.1 Å². The number of hydrogen-bond donors (Lipinski definition) is 2. The SMILES string of the molecule is COc1ccc2[nH]c3c(c2c1)CC[NH2+][C@@]31C(=O)N(CCC(C)C)c2ccccc21. The smallest absolute Gasteiger partial charge is 0.299 e. The van der Waals surface area contributed by atoms with Gasteiger partial charge < -0.3 is 19.9 Å². The molecule has 0 bridgehead atoms. The monoisotopic (exact) mass is 390 g/mol. The van der Waals surface area contributed by atoms with Crippen molar-refractivity contribution in [3.63, 3.8) is 0 Å². The zero-order valence-electron chi connectivity index (χ0n) is 17.3. The number of hydrogen-bond acceptors (Lipinski definition) is 2. The molecule has 5 nitrogen and oxygen atoms in total. The van der Waals surface area contributed by atoms with Crippen molar-refractivity contribution in [3.05, 3.63) is 59.3 Å². The minimum atomic E-state index is -0.715. The molecular formula is C24H28N3O2+. The van der Waals surface area contributed by atoms with Crippen molar-refractivity contribution in [2.24, 2.45) is 5.92 Å². The number of amides is 1. The van der Waals surface area contributed by atoms with Crippen molar-refractivity contribution in [1.29, 1.82) is 0 Å². The molecule has 29 heavy (non-hydrogen) atoms. The fraction of sp³-hybridized carbons (Fsp3) is 0.375. The van der Waals surface area contributed by atoms with Gasteiger partial charge in [-0.05, 0) is 48.2 Å². The highest BCUT2D eigenvalue weighted by Crippen LogP contribution is 2.45. The molecule has 1 amide bonds. The molecule has 0 unspecified atom stereocenters. The summed E-state index contributed by atoms with van der Waals surface area (Å²) in [5.74, 6) is 1.58. The number of nitrogens with two attached hydrogens (primary N) is 1. The van der Waals surface area contributed by atoms with Crippen LogP contribution in [-0.4, -0.2) is 31.1 Å². The van der Waals surface area contributed by atoms with Gasteiger partial charge >= 0.3 is 0 Å². The number of ether oxygens (including phenoxy) is 1. The molecule has 0 saturated carbocycles. The summed E-state index contributed by atoms with van der Waals surface area (Å²) in [5, 5.41) is 3.40. The predicted molar refractivity (Wildman–Crippen MR) is 114 cm³/mol. The van der Waals surface area contributed by atoms with Crippen LogP contribution in [0.15, 0.2) is 42.5 Å². The Labute approximate surface area is 171 Å². The first-order chi connectivity index (χ1) is 14.1. The van der Waals surface area contributed by atoms with Gasteiger partial charge in [0.2, 0.25) is 5.54 Å². The number of nitrogens with one attached hydrogen (secondary N) is 1. The Hall–Kier alpha value is -2.79. The van der Waals surface area contributed by atoms with E-state index in [-0.39, 0.29) is 5.91 Å². The van der Waals surface area contributed by atoms with Gasteiger partial charge in [-0.2, -0.15) is 0 Å². The average molecular weight is 391 g/mol. The topological polar surface area (TPSA) is 61.9 Å². The Morgan fingerprint density at radius 2 is 2.07 bits per heavy atom. The molecule has 2 aromatic carbocycles. The number of carbonyl (C=O) groups excluding carboxylic acids is 1. The van der Waals surface area contributed by atoms with Crippen LogP contribution in [0.2, 0.25) is 0 Å². The van der Waals surface area contributed by atoms with Crippen LogP contribution in [0.4, 0.5) is 5.69 Å². The Morgan fingerprint density at radius 3 is 2.86 bits per heavy atom. The van der Waals surface area contributed by atoms with E-state index in [1.54, 1.807) is 7.11 Å². The third-order valence-corrected chi connectivity index (χ3v) is 6.48. The van der Waals surface area contributed by atoms with Crippen LogP contribution >= 0.6 is 0 Å². The normalized spacial score (nSPS) is 20.6. The fourth-order valence-corrected chi connectivity index (χ4v) is 5.01. The zero-order chi connectivity index (χ0) is 20.2. The number of aromatic amines is 1. The van der Waals surface area contributed by atoms with E-state index in [9.17, 15) is 4.79 Å². The van der Waals surface area contributed by atoms with Gasteiger partial charge in [-0.1, -0.05) is 26.0 Å². The first kappa shape index (κ1) is 18.3. The summed E-state index contributed by atoms with van der Waals surface area (Å²) in [6, 6.07) is 14.4. The largest absolute Gasteiger partial charge is 0.497 e. The number of H-pyrrole nitrogens is 1. The maximum Gasteiger partial charge on any atom is 0.299 e. The number of benzene rings is 2. The summed E-state index contributed by atoms with van der Waals surface area (Å²) in [7, 11) is 1.69. The second-order valence-corrected chi connectivity index (χ2v) is 8.60. The number of fused-ring (bicyclic) bond motifs is 6. The standard InChI is InChI=1S/C24H27N3O2/c1-15(2)11-13-27-21-7-5-4-6-19(21)24(23(27)28)22-17(10-12-25-24)18-14-16(29-3)8-9-20(18)26-22/h4-9,14-15,25-26H,10-13H2,1-3H3/p+1/t24-/m1/s1. The van der Waals surface area contributed by atoms with E-state index in [1.807, 2.05) is 23.1 Å². The molecule has 0 aliphatic carbocycles. The lowest BCUT2D eigenvalue weighted by molar-refractivity contribution is -0.714. The number of methoxy groups -OCH3 is 1. The number of nitrogens with zero attached hydrogens (tertiary/aromatic N) is 1. The maximum absolute atomic E-state index is 14.0. The summed E-state index contributed by atoms with van der Waals surface area (Å²) in [6.45, 7) is 6.05. The van der Waals surface area contributed by atoms with Gasteiger partial charge in [0, 0.05) is 23.9 Å². The van der Waals surface area contributed by atoms with Crippen molar-refractivity contribution in [2.75, 3.05) is 25.1 Å². The highest BCUT2D eigenvalue weighted by Gasteiger charge is 2.58. The van der Waals surface area contributed by atoms with Crippen LogP contribution in [0.5, 0.6) is 5.75 Å². The van der Waals surface area contributed by atoms with E-state index in [0.29, 0.717) is 5.92 Å². The van der Waals surface area contributed by atoms with Gasteiger partial charge in [0.25, 0.3) is 5.91 Å². The van der Waals surface area contributed by atoms with Gasteiger partial charge in [-0.15, -0.1) is 0 Å². The molecule has 0 radical (unpaired) electrons. The van der Waals surface area contributed by atoms with Crippen molar-refractivity contribution >= 4 is 22.5 Å². The van der Waals surface area contributed by atoms with Gasteiger partial charge in [-0.3, -0.25) is 4.79 Å². The lowest BCUT2D eigenvalue weighted by Gasteiger charge is -2.30. The van der Waals surface area contributed by atoms with Gasteiger partial charge in [0.1, 0.15) is 5.75 Å². The molecule has 3 heterocycles. The molecule has 5 rings (SSSR count). The summed E-state index contributed by atoms with van der Waals surface area (Å²) < 4.78 is 5.45. The molecule has 3 aromatic rings. The van der Waals surface area contributed by atoms with E-state index in [1.165, 1.54) is 5.56 Å². The van der Waals surface area contributed by atoms with Gasteiger partial charge in [0.15, 0.2) is 0 Å². The van der Waals surface area contributed by atoms with Gasteiger partial charge in [-0.25, -0.2) is 0 Å². The van der Waals surface area contributed by atoms with Crippen LogP contribution < -0.4 is 15.0 Å². The van der Waals surface area contributed by atoms with Crippen LogP contribution in [0, 0.1) is 5.92 Å². The minimum Gasteiger partial charge on any atom is -0.497 e. The van der Waals surface area contributed by atoms with Crippen LogP contribution in [0.3, 0.4) is 0 Å². The third kappa shape index (κ3) is 2.53. The molecule has 1 spiro atoms. The second kappa shape index (κ2) is 6.63. The van der Waals surface area contributed by atoms with E-state index < -0.39 is 5.54 Å². The van der Waals surface area contributed by atoms with Crippen molar-refractivity contribution in [3.8, 4) is 5.75 Å². The summed E-state index contributed by atoms with van der Waals surface area (Å²) in [5.41, 5.74) is 4.79. The number of quaternary nitrogens is 1. The number of carbonyl (C=O) groups is 1. The van der Waals surface area contributed by atoms with Crippen LogP contribution in [0.25, 0.3) is 10.9 Å². The lowest BCUT2D eigenvalue weighted by atomic mass is 9.82. The molecule has 0 saturated heterocycles. The van der Waals surface area contributed by atoms with Crippen LogP contribution in [-0.2, 0) is 16.8 Å². The first-order valence-electron chi connectivity index (χ1n) is 10.5. The van der Waals surface area contributed by atoms with Crippen molar-refractivity contribution in [1.82, 2.24) is 4.98 Å². The maximum atomic E-state index is 14.0. The summed E-state index contributed by atoms with van der Waals surface area (Å²) in [4.78, 5) is 19.6. The lowest BCUT2D eigenvalue weighted by Crippen LogP contribution is -2.99. The molecular weight excluding hydrogens is 362 g/mol. The quantitative estimate of drug-likeness (QED) is 0.720.